The molecule has 1 heterocycles. The van der Waals surface area contributed by atoms with Crippen molar-refractivity contribution in [1.82, 2.24) is 4.98 Å². The van der Waals surface area contributed by atoms with Crippen LogP contribution in [0.1, 0.15) is 11.1 Å². The van der Waals surface area contributed by atoms with E-state index in [4.69, 9.17) is 18.0 Å². The molecular weight excluding hydrogens is 326 g/mol. The smallest absolute Gasteiger partial charge is 0.104 e. The molecule has 0 spiro atoms. The molecule has 2 nitrogen and oxygen atoms in total. The lowest BCUT2D eigenvalue weighted by Crippen LogP contribution is -2.10. The maximum Gasteiger partial charge on any atom is 0.104 e. The second-order valence-electron chi connectivity index (χ2n) is 5.90. The van der Waals surface area contributed by atoms with E-state index in [0.29, 0.717) is 11.4 Å². The number of hydrogen-bond donors (Lipinski definition) is 2. The number of aromatic nitrogens is 1. The Balaban J connectivity index is 2.09. The van der Waals surface area contributed by atoms with E-state index in [2.05, 4.69) is 4.98 Å². The molecule has 24 heavy (non-hydrogen) atoms. The maximum atomic E-state index is 13.0. The van der Waals surface area contributed by atoms with Gasteiger partial charge in [0, 0.05) is 28.6 Å². The number of thiocarbonyl (C=S) groups is 1. The van der Waals surface area contributed by atoms with E-state index in [9.17, 15) is 8.78 Å². The topological polar surface area (TPSA) is 41.8 Å². The Hall–Kier alpha value is -2.27. The fourth-order valence-corrected chi connectivity index (χ4v) is 3.02. The van der Waals surface area contributed by atoms with Crippen molar-refractivity contribution in [2.24, 2.45) is 11.7 Å². The van der Waals surface area contributed by atoms with Gasteiger partial charge in [0.25, 0.3) is 0 Å². The Kier molecular flexibility index (Phi) is 4.90. The zero-order valence-electron chi connectivity index (χ0n) is 13.1. The van der Waals surface area contributed by atoms with Crippen LogP contribution in [0.2, 0.25) is 0 Å². The quantitative estimate of drug-likeness (QED) is 0.643. The summed E-state index contributed by atoms with van der Waals surface area (Å²) in [6.45, 7) is -1.33. The van der Waals surface area contributed by atoms with Crippen LogP contribution in [0.25, 0.3) is 22.0 Å². The van der Waals surface area contributed by atoms with Crippen LogP contribution in [0, 0.1) is 5.92 Å². The summed E-state index contributed by atoms with van der Waals surface area (Å²) in [6.07, 6.45) is 2.19. The van der Waals surface area contributed by atoms with Crippen LogP contribution >= 0.6 is 12.2 Å². The van der Waals surface area contributed by atoms with Crippen LogP contribution in [0.5, 0.6) is 0 Å². The molecule has 3 N–H and O–H groups in total. The monoisotopic (exact) mass is 344 g/mol. The first kappa shape index (κ1) is 16.6. The Labute approximate surface area is 144 Å². The third-order valence-corrected chi connectivity index (χ3v) is 4.40. The van der Waals surface area contributed by atoms with Gasteiger partial charge in [-0.1, -0.05) is 30.4 Å². The predicted octanol–water partition coefficient (Wildman–Crippen LogP) is 4.57. The first-order valence-corrected chi connectivity index (χ1v) is 8.15. The summed E-state index contributed by atoms with van der Waals surface area (Å²) >= 11 is 5.04. The lowest BCUT2D eigenvalue weighted by atomic mass is 9.94. The summed E-state index contributed by atoms with van der Waals surface area (Å²) < 4.78 is 25.9. The highest BCUT2D eigenvalue weighted by molar-refractivity contribution is 7.80. The first-order valence-electron chi connectivity index (χ1n) is 7.74. The minimum absolute atomic E-state index is 0.342. The molecular formula is C19H18F2N2S. The van der Waals surface area contributed by atoms with Gasteiger partial charge in [0.15, 0.2) is 0 Å². The van der Waals surface area contributed by atoms with Gasteiger partial charge in [0.05, 0.1) is 13.3 Å². The van der Waals surface area contributed by atoms with Crippen LogP contribution < -0.4 is 5.73 Å². The lowest BCUT2D eigenvalue weighted by Gasteiger charge is -2.13. The SMILES string of the molecule is NC(=S)c1cccc(-c2cc(CC(CF)CF)c3[nH]ccc3c2)c1. The van der Waals surface area contributed by atoms with Crippen LogP contribution in [0.4, 0.5) is 8.78 Å². The molecule has 2 aromatic carbocycles. The third kappa shape index (κ3) is 3.31. The van der Waals surface area contributed by atoms with Crippen LogP contribution in [0.3, 0.4) is 0 Å². The number of fused-ring (bicyclic) bond motifs is 1. The van der Waals surface area contributed by atoms with Crippen molar-refractivity contribution in [1.29, 1.82) is 0 Å². The van der Waals surface area contributed by atoms with Gasteiger partial charge in [-0.3, -0.25) is 8.78 Å². The molecule has 0 amide bonds. The average molecular weight is 344 g/mol. The molecule has 3 aromatic rings. The van der Waals surface area contributed by atoms with E-state index in [1.165, 1.54) is 0 Å². The summed E-state index contributed by atoms with van der Waals surface area (Å²) in [6, 6.07) is 13.7. The number of nitrogens with two attached hydrogens (primary N) is 1. The number of hydrogen-bond acceptors (Lipinski definition) is 1. The van der Waals surface area contributed by atoms with Crippen LogP contribution in [-0.4, -0.2) is 23.3 Å². The molecule has 124 valence electrons. The number of rotatable bonds is 6. The number of nitrogens with one attached hydrogen (secondary N) is 1. The minimum atomic E-state index is -0.667. The predicted molar refractivity (Wildman–Crippen MR) is 98.8 cm³/mol. The molecule has 0 fully saturated rings. The summed E-state index contributed by atoms with van der Waals surface area (Å²) in [5, 5.41) is 1.01. The van der Waals surface area contributed by atoms with Crippen molar-refractivity contribution in [3.8, 4) is 11.1 Å². The molecule has 0 unspecified atom stereocenters. The van der Waals surface area contributed by atoms with Crippen molar-refractivity contribution in [3.05, 3.63) is 59.8 Å². The van der Waals surface area contributed by atoms with Crippen molar-refractivity contribution in [2.45, 2.75) is 6.42 Å². The number of benzene rings is 2. The highest BCUT2D eigenvalue weighted by Crippen LogP contribution is 2.29. The third-order valence-electron chi connectivity index (χ3n) is 4.17. The molecule has 0 aliphatic carbocycles. The fraction of sp³-hybridized carbons (Fsp3) is 0.211. The Bertz CT molecular complexity index is 869. The highest BCUT2D eigenvalue weighted by Gasteiger charge is 2.14. The number of alkyl halides is 2. The van der Waals surface area contributed by atoms with Gasteiger partial charge in [-0.2, -0.15) is 0 Å². The number of halogens is 2. The van der Waals surface area contributed by atoms with Crippen molar-refractivity contribution >= 4 is 28.1 Å². The Morgan fingerprint density at radius 1 is 1.08 bits per heavy atom. The van der Waals surface area contributed by atoms with Crippen molar-refractivity contribution in [2.75, 3.05) is 13.3 Å². The normalized spacial score (nSPS) is 11.3. The van der Waals surface area contributed by atoms with Gasteiger partial charge < -0.3 is 10.7 Å². The fourth-order valence-electron chi connectivity index (χ4n) is 2.89. The first-order chi connectivity index (χ1) is 11.6. The second-order valence-corrected chi connectivity index (χ2v) is 6.34. The Morgan fingerprint density at radius 2 is 1.88 bits per heavy atom. The molecule has 5 heteroatoms. The van der Waals surface area contributed by atoms with Gasteiger partial charge in [0.1, 0.15) is 4.99 Å². The summed E-state index contributed by atoms with van der Waals surface area (Å²) in [4.78, 5) is 3.51. The largest absolute Gasteiger partial charge is 0.389 e. The van der Waals surface area contributed by atoms with E-state index in [0.717, 1.165) is 33.2 Å². The van der Waals surface area contributed by atoms with E-state index in [-0.39, 0.29) is 0 Å². The molecule has 3 rings (SSSR count). The molecule has 0 saturated heterocycles. The molecule has 1 aromatic heterocycles. The van der Waals surface area contributed by atoms with E-state index in [1.807, 2.05) is 48.7 Å². The minimum Gasteiger partial charge on any atom is -0.389 e. The maximum absolute atomic E-state index is 13.0. The molecule has 0 atom stereocenters. The van der Waals surface area contributed by atoms with E-state index in [1.54, 1.807) is 0 Å². The number of H-pyrrole nitrogens is 1. The van der Waals surface area contributed by atoms with Crippen LogP contribution in [-0.2, 0) is 6.42 Å². The zero-order chi connectivity index (χ0) is 17.1. The standard InChI is InChI=1S/C19H18F2N2S/c20-10-12(11-21)6-17-9-16(8-14-4-5-23-18(14)17)13-2-1-3-15(7-13)19(22)24/h1-5,7-9,12,23H,6,10-11H2,(H2,22,24). The number of aromatic amines is 1. The average Bonchev–Trinajstić information content (AvgIpc) is 3.08. The molecule has 0 radical (unpaired) electrons. The van der Waals surface area contributed by atoms with Gasteiger partial charge in [-0.25, -0.2) is 0 Å². The van der Waals surface area contributed by atoms with E-state index >= 15 is 0 Å². The molecule has 0 aliphatic heterocycles. The molecule has 0 aliphatic rings. The summed E-state index contributed by atoms with van der Waals surface area (Å²) in [5.74, 6) is -0.616. The van der Waals surface area contributed by atoms with Gasteiger partial charge in [-0.05, 0) is 47.4 Å². The van der Waals surface area contributed by atoms with Gasteiger partial charge in [0.2, 0.25) is 0 Å². The van der Waals surface area contributed by atoms with Crippen molar-refractivity contribution < 1.29 is 8.78 Å². The van der Waals surface area contributed by atoms with Gasteiger partial charge in [-0.15, -0.1) is 0 Å². The Morgan fingerprint density at radius 3 is 2.58 bits per heavy atom. The molecule has 0 saturated carbocycles. The highest BCUT2D eigenvalue weighted by atomic mass is 32.1. The zero-order valence-corrected chi connectivity index (χ0v) is 13.9. The lowest BCUT2D eigenvalue weighted by molar-refractivity contribution is 0.288. The molecule has 0 bridgehead atoms. The van der Waals surface area contributed by atoms with Crippen LogP contribution in [0.15, 0.2) is 48.7 Å². The summed E-state index contributed by atoms with van der Waals surface area (Å²) in [5.41, 5.74) is 10.3. The van der Waals surface area contributed by atoms with E-state index < -0.39 is 19.3 Å². The second kappa shape index (κ2) is 7.09. The summed E-state index contributed by atoms with van der Waals surface area (Å²) in [7, 11) is 0. The van der Waals surface area contributed by atoms with Crippen molar-refractivity contribution in [3.63, 3.8) is 0 Å². The van der Waals surface area contributed by atoms with Gasteiger partial charge >= 0.3 is 0 Å².